The third-order valence-corrected chi connectivity index (χ3v) is 2.53. The lowest BCUT2D eigenvalue weighted by molar-refractivity contribution is -0.142. The Labute approximate surface area is 92.9 Å². The number of phenolic OH excluding ortho intramolecular Hbond substituents is 2. The quantitative estimate of drug-likeness (QED) is 0.679. The molecule has 0 heterocycles. The maximum Gasteiger partial charge on any atom is 0.313 e. The predicted octanol–water partition coefficient (Wildman–Crippen LogP) is 1.47. The molecule has 5 heteroatoms. The van der Waals surface area contributed by atoms with Crippen LogP contribution in [0.4, 0.5) is 0 Å². The number of phenols is 2. The van der Waals surface area contributed by atoms with Crippen molar-refractivity contribution in [1.82, 2.24) is 0 Å². The Hall–Kier alpha value is -1.91. The Bertz CT molecular complexity index is 423. The SMILES string of the molecule is COc1cc(C(C)(C)C(=O)O)cc(O)c1O. The Kier molecular flexibility index (Phi) is 2.98. The van der Waals surface area contributed by atoms with Gasteiger partial charge in [-0.2, -0.15) is 0 Å². The van der Waals surface area contributed by atoms with Gasteiger partial charge in [0, 0.05) is 0 Å². The molecular weight excluding hydrogens is 212 g/mol. The maximum absolute atomic E-state index is 11.0. The van der Waals surface area contributed by atoms with Crippen molar-refractivity contribution in [1.29, 1.82) is 0 Å². The highest BCUT2D eigenvalue weighted by molar-refractivity contribution is 5.81. The lowest BCUT2D eigenvalue weighted by atomic mass is 9.84. The molecule has 0 bridgehead atoms. The number of ether oxygens (including phenoxy) is 1. The molecule has 0 atom stereocenters. The number of aliphatic carboxylic acids is 1. The minimum Gasteiger partial charge on any atom is -0.504 e. The van der Waals surface area contributed by atoms with Gasteiger partial charge in [-0.05, 0) is 31.5 Å². The van der Waals surface area contributed by atoms with Crippen LogP contribution in [0.1, 0.15) is 19.4 Å². The molecule has 3 N–H and O–H groups in total. The summed E-state index contributed by atoms with van der Waals surface area (Å²) < 4.78 is 4.84. The van der Waals surface area contributed by atoms with Gasteiger partial charge in [0.25, 0.3) is 0 Å². The van der Waals surface area contributed by atoms with Gasteiger partial charge >= 0.3 is 5.97 Å². The molecule has 0 aliphatic rings. The molecule has 0 radical (unpaired) electrons. The van der Waals surface area contributed by atoms with Crippen LogP contribution in [0.3, 0.4) is 0 Å². The van der Waals surface area contributed by atoms with E-state index in [2.05, 4.69) is 0 Å². The first-order valence-electron chi connectivity index (χ1n) is 4.64. The number of hydrogen-bond donors (Lipinski definition) is 3. The molecule has 0 saturated carbocycles. The smallest absolute Gasteiger partial charge is 0.313 e. The summed E-state index contributed by atoms with van der Waals surface area (Å²) in [4.78, 5) is 11.0. The van der Waals surface area contributed by atoms with E-state index in [0.29, 0.717) is 5.56 Å². The summed E-state index contributed by atoms with van der Waals surface area (Å²) in [5, 5.41) is 27.9. The summed E-state index contributed by atoms with van der Waals surface area (Å²) in [5.74, 6) is -1.78. The number of carboxylic acid groups (broad SMARTS) is 1. The molecule has 1 aromatic rings. The zero-order chi connectivity index (χ0) is 12.5. The van der Waals surface area contributed by atoms with E-state index in [0.717, 1.165) is 0 Å². The van der Waals surface area contributed by atoms with Crippen LogP contribution in [0.15, 0.2) is 12.1 Å². The second kappa shape index (κ2) is 3.92. The predicted molar refractivity (Wildman–Crippen MR) is 57.0 cm³/mol. The molecule has 1 aromatic carbocycles. The molecule has 0 aliphatic heterocycles. The fourth-order valence-corrected chi connectivity index (χ4v) is 1.23. The van der Waals surface area contributed by atoms with Crippen molar-refractivity contribution in [3.8, 4) is 17.2 Å². The van der Waals surface area contributed by atoms with Crippen LogP contribution in [0.5, 0.6) is 17.2 Å². The molecule has 0 aliphatic carbocycles. The van der Waals surface area contributed by atoms with Crippen molar-refractivity contribution in [2.24, 2.45) is 0 Å². The highest BCUT2D eigenvalue weighted by atomic mass is 16.5. The minimum atomic E-state index is -1.17. The van der Waals surface area contributed by atoms with Gasteiger partial charge in [0.05, 0.1) is 12.5 Å². The number of benzene rings is 1. The summed E-state index contributed by atoms with van der Waals surface area (Å²) in [5.41, 5.74) is -0.814. The van der Waals surface area contributed by atoms with Crippen molar-refractivity contribution in [3.05, 3.63) is 17.7 Å². The van der Waals surface area contributed by atoms with E-state index in [1.807, 2.05) is 0 Å². The highest BCUT2D eigenvalue weighted by Crippen LogP contribution is 2.39. The molecule has 0 saturated heterocycles. The molecule has 0 aromatic heterocycles. The fraction of sp³-hybridized carbons (Fsp3) is 0.364. The van der Waals surface area contributed by atoms with E-state index >= 15 is 0 Å². The van der Waals surface area contributed by atoms with Crippen molar-refractivity contribution in [2.45, 2.75) is 19.3 Å². The van der Waals surface area contributed by atoms with E-state index in [1.165, 1.54) is 33.1 Å². The number of carbonyl (C=O) groups is 1. The minimum absolute atomic E-state index is 0.0457. The molecule has 1 rings (SSSR count). The molecule has 0 fully saturated rings. The summed E-state index contributed by atoms with van der Waals surface area (Å²) in [7, 11) is 1.33. The number of carboxylic acids is 1. The van der Waals surface area contributed by atoms with Crippen LogP contribution >= 0.6 is 0 Å². The molecule has 0 spiro atoms. The van der Waals surface area contributed by atoms with Gasteiger partial charge in [-0.25, -0.2) is 0 Å². The molecular formula is C11H14O5. The molecule has 16 heavy (non-hydrogen) atoms. The van der Waals surface area contributed by atoms with Gasteiger partial charge in [-0.3, -0.25) is 4.79 Å². The highest BCUT2D eigenvalue weighted by Gasteiger charge is 2.31. The third kappa shape index (κ3) is 1.88. The number of hydrogen-bond acceptors (Lipinski definition) is 4. The van der Waals surface area contributed by atoms with Gasteiger partial charge in [-0.1, -0.05) is 0 Å². The summed E-state index contributed by atoms with van der Waals surface area (Å²) in [6.07, 6.45) is 0. The zero-order valence-electron chi connectivity index (χ0n) is 9.31. The van der Waals surface area contributed by atoms with E-state index < -0.39 is 22.9 Å². The Morgan fingerprint density at radius 3 is 2.31 bits per heavy atom. The molecule has 0 amide bonds. The number of methoxy groups -OCH3 is 1. The van der Waals surface area contributed by atoms with Crippen LogP contribution in [0.25, 0.3) is 0 Å². The molecule has 5 nitrogen and oxygen atoms in total. The van der Waals surface area contributed by atoms with Crippen LogP contribution in [-0.4, -0.2) is 28.4 Å². The lowest BCUT2D eigenvalue weighted by Gasteiger charge is -2.21. The topological polar surface area (TPSA) is 87.0 Å². The summed E-state index contributed by atoms with van der Waals surface area (Å²) in [6, 6.07) is 2.61. The Balaban J connectivity index is 3.37. The number of aromatic hydroxyl groups is 2. The first-order chi connectivity index (χ1) is 7.30. The summed E-state index contributed by atoms with van der Waals surface area (Å²) in [6.45, 7) is 3.00. The van der Waals surface area contributed by atoms with Crippen molar-refractivity contribution in [2.75, 3.05) is 7.11 Å². The molecule has 0 unspecified atom stereocenters. The van der Waals surface area contributed by atoms with Crippen LogP contribution in [0.2, 0.25) is 0 Å². The summed E-state index contributed by atoms with van der Waals surface area (Å²) >= 11 is 0. The first kappa shape index (κ1) is 12.2. The van der Waals surface area contributed by atoms with Gasteiger partial charge in [-0.15, -0.1) is 0 Å². The average Bonchev–Trinajstić information content (AvgIpc) is 2.21. The van der Waals surface area contributed by atoms with E-state index in [9.17, 15) is 15.0 Å². The van der Waals surface area contributed by atoms with Gasteiger partial charge < -0.3 is 20.1 Å². The van der Waals surface area contributed by atoms with E-state index in [-0.39, 0.29) is 5.75 Å². The first-order valence-corrected chi connectivity index (χ1v) is 4.64. The lowest BCUT2D eigenvalue weighted by Crippen LogP contribution is -2.28. The second-order valence-electron chi connectivity index (χ2n) is 3.98. The standard InChI is InChI=1S/C11H14O5/c1-11(2,10(14)15)6-4-7(12)9(13)8(5-6)16-3/h4-5,12-13H,1-3H3,(H,14,15). The van der Waals surface area contributed by atoms with E-state index in [1.54, 1.807) is 0 Å². The van der Waals surface area contributed by atoms with Crippen molar-refractivity contribution in [3.63, 3.8) is 0 Å². The van der Waals surface area contributed by atoms with Crippen molar-refractivity contribution >= 4 is 5.97 Å². The van der Waals surface area contributed by atoms with Crippen molar-refractivity contribution < 1.29 is 24.9 Å². The normalized spacial score (nSPS) is 11.2. The zero-order valence-corrected chi connectivity index (χ0v) is 9.31. The monoisotopic (exact) mass is 226 g/mol. The largest absolute Gasteiger partial charge is 0.504 e. The van der Waals surface area contributed by atoms with E-state index in [4.69, 9.17) is 9.84 Å². The Morgan fingerprint density at radius 1 is 1.31 bits per heavy atom. The molecule has 88 valence electrons. The fourth-order valence-electron chi connectivity index (χ4n) is 1.23. The van der Waals surface area contributed by atoms with Gasteiger partial charge in [0.15, 0.2) is 11.5 Å². The van der Waals surface area contributed by atoms with Gasteiger partial charge in [0.2, 0.25) is 5.75 Å². The average molecular weight is 226 g/mol. The van der Waals surface area contributed by atoms with Crippen LogP contribution in [0, 0.1) is 0 Å². The third-order valence-electron chi connectivity index (χ3n) is 2.53. The number of rotatable bonds is 3. The maximum atomic E-state index is 11.0. The Morgan fingerprint density at radius 2 is 1.88 bits per heavy atom. The second-order valence-corrected chi connectivity index (χ2v) is 3.98. The van der Waals surface area contributed by atoms with Crippen LogP contribution in [-0.2, 0) is 10.2 Å². The van der Waals surface area contributed by atoms with Crippen LogP contribution < -0.4 is 4.74 Å². The van der Waals surface area contributed by atoms with Gasteiger partial charge in [0.1, 0.15) is 0 Å².